The molecule has 0 aromatic heterocycles. The highest BCUT2D eigenvalue weighted by molar-refractivity contribution is 6.13. The van der Waals surface area contributed by atoms with E-state index in [2.05, 4.69) is 0 Å². The Morgan fingerprint density at radius 1 is 0.963 bits per heavy atom. The maximum Gasteiger partial charge on any atom is 0.330 e. The number of rotatable bonds is 8. The molecule has 2 aromatic rings. The first-order chi connectivity index (χ1) is 13.1. The smallest absolute Gasteiger partial charge is 0.330 e. The Bertz CT molecular complexity index is 756. The predicted octanol–water partition coefficient (Wildman–Crippen LogP) is 3.58. The minimum Gasteiger partial charge on any atom is -0.467 e. The number of hydrogen-bond donors (Lipinski definition) is 0. The first kappa shape index (κ1) is 20.1. The molecule has 0 aliphatic carbocycles. The zero-order valence-electron chi connectivity index (χ0n) is 15.5. The second-order valence-electron chi connectivity index (χ2n) is 5.76. The monoisotopic (exact) mass is 365 g/mol. The average molecular weight is 365 g/mol. The van der Waals surface area contributed by atoms with Crippen molar-refractivity contribution in [2.24, 2.45) is 4.99 Å². The van der Waals surface area contributed by atoms with Gasteiger partial charge < -0.3 is 9.47 Å². The Hall–Kier alpha value is -3.21. The van der Waals surface area contributed by atoms with Crippen LogP contribution >= 0.6 is 0 Å². The summed E-state index contributed by atoms with van der Waals surface area (Å²) in [5.41, 5.74) is 2.56. The van der Waals surface area contributed by atoms with Crippen LogP contribution in [0.3, 0.4) is 0 Å². The van der Waals surface area contributed by atoms with Crippen molar-refractivity contribution in [3.8, 4) is 0 Å². The molecule has 0 amide bonds. The molecule has 0 aliphatic rings. The Labute approximate surface area is 159 Å². The number of ether oxygens (including phenoxy) is 2. The Morgan fingerprint density at radius 3 is 2.00 bits per heavy atom. The Balaban J connectivity index is 2.31. The largest absolute Gasteiger partial charge is 0.467 e. The summed E-state index contributed by atoms with van der Waals surface area (Å²) in [4.78, 5) is 27.7. The van der Waals surface area contributed by atoms with Gasteiger partial charge in [0.05, 0.1) is 12.8 Å². The van der Waals surface area contributed by atoms with Crippen LogP contribution in [-0.4, -0.2) is 37.4 Å². The summed E-state index contributed by atoms with van der Waals surface area (Å²) in [6.07, 6.45) is 3.80. The molecule has 0 spiro atoms. The van der Waals surface area contributed by atoms with E-state index in [4.69, 9.17) is 14.5 Å². The molecule has 27 heavy (non-hydrogen) atoms. The summed E-state index contributed by atoms with van der Waals surface area (Å²) in [6.45, 7) is 1.51. The topological polar surface area (TPSA) is 65.0 Å². The first-order valence-electron chi connectivity index (χ1n) is 8.66. The second kappa shape index (κ2) is 10.7. The number of esters is 2. The molecule has 1 unspecified atom stereocenters. The minimum absolute atomic E-state index is 0.164. The van der Waals surface area contributed by atoms with Gasteiger partial charge in [-0.15, -0.1) is 0 Å². The van der Waals surface area contributed by atoms with Gasteiger partial charge in [0, 0.05) is 18.1 Å². The number of carbonyl (C=O) groups is 2. The molecule has 0 radical (unpaired) electrons. The third-order valence-electron chi connectivity index (χ3n) is 3.76. The molecule has 5 nitrogen and oxygen atoms in total. The Morgan fingerprint density at radius 2 is 1.52 bits per heavy atom. The van der Waals surface area contributed by atoms with E-state index in [0.29, 0.717) is 6.42 Å². The summed E-state index contributed by atoms with van der Waals surface area (Å²) >= 11 is 0. The lowest BCUT2D eigenvalue weighted by molar-refractivity contribution is -0.142. The van der Waals surface area contributed by atoms with Crippen molar-refractivity contribution >= 4 is 17.7 Å². The maximum atomic E-state index is 12.2. The quantitative estimate of drug-likeness (QED) is 0.407. The highest BCUT2D eigenvalue weighted by atomic mass is 16.5. The van der Waals surface area contributed by atoms with Crippen LogP contribution in [-0.2, 0) is 19.1 Å². The maximum absolute atomic E-state index is 12.2. The van der Waals surface area contributed by atoms with Crippen molar-refractivity contribution in [3.05, 3.63) is 83.9 Å². The van der Waals surface area contributed by atoms with Crippen molar-refractivity contribution < 1.29 is 19.1 Å². The van der Waals surface area contributed by atoms with E-state index in [1.165, 1.54) is 14.0 Å². The molecule has 140 valence electrons. The molecule has 0 aliphatic heterocycles. The van der Waals surface area contributed by atoms with Crippen LogP contribution in [0.2, 0.25) is 0 Å². The number of carbonyl (C=O) groups excluding carboxylic acids is 2. The summed E-state index contributed by atoms with van der Waals surface area (Å²) in [5, 5.41) is 0. The van der Waals surface area contributed by atoms with Gasteiger partial charge in [0.1, 0.15) is 6.61 Å². The molecule has 0 saturated carbocycles. The third-order valence-corrected chi connectivity index (χ3v) is 3.76. The molecule has 5 heteroatoms. The van der Waals surface area contributed by atoms with Crippen LogP contribution in [0.25, 0.3) is 0 Å². The standard InChI is InChI=1S/C22H23NO4/c1-17(24)27-16-10-9-15-20(22(25)26-2)23-21(18-11-5-3-6-12-18)19-13-7-4-8-14-19/h3-14,20H,15-16H2,1-2H3/b10-9+. The molecule has 0 heterocycles. The first-order valence-corrected chi connectivity index (χ1v) is 8.66. The van der Waals surface area contributed by atoms with E-state index >= 15 is 0 Å². The van der Waals surface area contributed by atoms with Crippen LogP contribution in [0.4, 0.5) is 0 Å². The number of nitrogens with zero attached hydrogens (tertiary/aromatic N) is 1. The molecule has 1 atom stereocenters. The summed E-state index contributed by atoms with van der Waals surface area (Å²) < 4.78 is 9.77. The molecule has 2 aromatic carbocycles. The Kier molecular flexibility index (Phi) is 7.97. The van der Waals surface area contributed by atoms with Gasteiger partial charge in [-0.1, -0.05) is 72.8 Å². The second-order valence-corrected chi connectivity index (χ2v) is 5.76. The molecular weight excluding hydrogens is 342 g/mol. The van der Waals surface area contributed by atoms with Gasteiger partial charge in [-0.25, -0.2) is 4.79 Å². The van der Waals surface area contributed by atoms with Gasteiger partial charge in [-0.3, -0.25) is 9.79 Å². The summed E-state index contributed by atoms with van der Waals surface area (Å²) in [5.74, 6) is -0.769. The highest BCUT2D eigenvalue weighted by Crippen LogP contribution is 2.14. The number of methoxy groups -OCH3 is 1. The normalized spacial score (nSPS) is 11.6. The molecule has 0 bridgehead atoms. The molecule has 0 saturated heterocycles. The molecule has 0 fully saturated rings. The predicted molar refractivity (Wildman–Crippen MR) is 105 cm³/mol. The van der Waals surface area contributed by atoms with Crippen LogP contribution in [0, 0.1) is 0 Å². The molecule has 0 N–H and O–H groups in total. The third kappa shape index (κ3) is 6.55. The van der Waals surface area contributed by atoms with Crippen molar-refractivity contribution in [2.45, 2.75) is 19.4 Å². The van der Waals surface area contributed by atoms with E-state index in [1.807, 2.05) is 60.7 Å². The lowest BCUT2D eigenvalue weighted by Crippen LogP contribution is -2.22. The van der Waals surface area contributed by atoms with E-state index in [0.717, 1.165) is 16.8 Å². The zero-order valence-corrected chi connectivity index (χ0v) is 15.5. The fourth-order valence-corrected chi connectivity index (χ4v) is 2.46. The van der Waals surface area contributed by atoms with Crippen molar-refractivity contribution in [3.63, 3.8) is 0 Å². The fourth-order valence-electron chi connectivity index (χ4n) is 2.46. The van der Waals surface area contributed by atoms with Crippen LogP contribution in [0.5, 0.6) is 0 Å². The van der Waals surface area contributed by atoms with Crippen LogP contribution in [0.15, 0.2) is 77.8 Å². The summed E-state index contributed by atoms with van der Waals surface area (Å²) in [7, 11) is 1.35. The zero-order chi connectivity index (χ0) is 19.5. The van der Waals surface area contributed by atoms with Gasteiger partial charge in [-0.2, -0.15) is 0 Å². The van der Waals surface area contributed by atoms with Gasteiger partial charge in [0.15, 0.2) is 6.04 Å². The van der Waals surface area contributed by atoms with Crippen molar-refractivity contribution in [2.75, 3.05) is 13.7 Å². The summed E-state index contributed by atoms with van der Waals surface area (Å²) in [6, 6.07) is 18.7. The van der Waals surface area contributed by atoms with Crippen molar-refractivity contribution in [1.82, 2.24) is 0 Å². The van der Waals surface area contributed by atoms with E-state index < -0.39 is 12.0 Å². The number of aliphatic imine (C=N–C) groups is 1. The van der Waals surface area contributed by atoms with Crippen LogP contribution < -0.4 is 0 Å². The van der Waals surface area contributed by atoms with Gasteiger partial charge in [0.2, 0.25) is 0 Å². The lowest BCUT2D eigenvalue weighted by atomic mass is 10.0. The average Bonchev–Trinajstić information content (AvgIpc) is 2.70. The van der Waals surface area contributed by atoms with Crippen molar-refractivity contribution in [1.29, 1.82) is 0 Å². The molecule has 2 rings (SSSR count). The number of hydrogen-bond acceptors (Lipinski definition) is 5. The fraction of sp³-hybridized carbons (Fsp3) is 0.227. The van der Waals surface area contributed by atoms with E-state index in [9.17, 15) is 9.59 Å². The van der Waals surface area contributed by atoms with E-state index in [-0.39, 0.29) is 12.6 Å². The number of benzene rings is 2. The minimum atomic E-state index is -0.695. The van der Waals surface area contributed by atoms with Gasteiger partial charge in [0.25, 0.3) is 0 Å². The highest BCUT2D eigenvalue weighted by Gasteiger charge is 2.19. The molecular formula is C22H23NO4. The van der Waals surface area contributed by atoms with Crippen LogP contribution in [0.1, 0.15) is 24.5 Å². The van der Waals surface area contributed by atoms with E-state index in [1.54, 1.807) is 12.2 Å². The lowest BCUT2D eigenvalue weighted by Gasteiger charge is -2.13. The van der Waals surface area contributed by atoms with Gasteiger partial charge >= 0.3 is 11.9 Å². The SMILES string of the molecule is COC(=O)C(C/C=C/COC(C)=O)N=C(c1ccccc1)c1ccccc1. The van der Waals surface area contributed by atoms with Gasteiger partial charge in [-0.05, 0) is 6.42 Å².